The van der Waals surface area contributed by atoms with Crippen LogP contribution in [0.4, 0.5) is 0 Å². The maximum absolute atomic E-state index is 12.0. The molecular weight excluding hydrogens is 398 g/mol. The summed E-state index contributed by atoms with van der Waals surface area (Å²) in [5.74, 6) is -0.559. The van der Waals surface area contributed by atoms with Crippen molar-refractivity contribution in [2.75, 3.05) is 0 Å². The van der Waals surface area contributed by atoms with Gasteiger partial charge in [-0.3, -0.25) is 4.79 Å². The first-order valence-corrected chi connectivity index (χ1v) is 10.3. The van der Waals surface area contributed by atoms with E-state index in [9.17, 15) is 15.2 Å². The van der Waals surface area contributed by atoms with E-state index in [1.165, 1.54) is 0 Å². The number of allylic oxidation sites excluding steroid dienone is 4. The van der Waals surface area contributed by atoms with Gasteiger partial charge in [0.25, 0.3) is 0 Å². The van der Waals surface area contributed by atoms with Gasteiger partial charge in [0.15, 0.2) is 0 Å². The van der Waals surface area contributed by atoms with E-state index in [1.54, 1.807) is 12.2 Å². The van der Waals surface area contributed by atoms with Gasteiger partial charge in [0, 0.05) is 5.03 Å². The van der Waals surface area contributed by atoms with Gasteiger partial charge in [-0.1, -0.05) is 67.9 Å². The van der Waals surface area contributed by atoms with Crippen molar-refractivity contribution in [2.45, 2.75) is 26.7 Å². The zero-order chi connectivity index (χ0) is 21.7. The number of hydrogen-bond acceptors (Lipinski definition) is 3. The number of nitrogens with zero attached hydrogens (tertiary/aromatic N) is 1. The Labute approximate surface area is 182 Å². The second kappa shape index (κ2) is 9.19. The number of hydrogen-bond donors (Lipinski definition) is 1. The molecule has 1 aliphatic carbocycles. The van der Waals surface area contributed by atoms with Gasteiger partial charge in [0.1, 0.15) is 11.5 Å². The summed E-state index contributed by atoms with van der Waals surface area (Å²) in [6, 6.07) is 19.4. The van der Waals surface area contributed by atoms with Crippen LogP contribution in [-0.4, -0.2) is 11.1 Å². The lowest BCUT2D eigenvalue weighted by Gasteiger charge is -2.35. The largest absolute Gasteiger partial charge is 0.481 e. The first-order valence-electron chi connectivity index (χ1n) is 9.88. The van der Waals surface area contributed by atoms with E-state index in [2.05, 4.69) is 6.07 Å². The molecule has 2 aromatic carbocycles. The van der Waals surface area contributed by atoms with Crippen LogP contribution in [0.1, 0.15) is 25.8 Å². The molecule has 2 atom stereocenters. The fourth-order valence-corrected chi connectivity index (χ4v) is 4.23. The predicted octanol–water partition coefficient (Wildman–Crippen LogP) is 6.34. The molecular formula is C25H24ClNO3. The average molecular weight is 422 g/mol. The van der Waals surface area contributed by atoms with E-state index in [4.69, 9.17) is 16.3 Å². The zero-order valence-electron chi connectivity index (χ0n) is 17.0. The monoisotopic (exact) mass is 421 g/mol. The van der Waals surface area contributed by atoms with Crippen LogP contribution in [0.3, 0.4) is 0 Å². The van der Waals surface area contributed by atoms with Crippen LogP contribution in [0.15, 0.2) is 77.4 Å². The van der Waals surface area contributed by atoms with Gasteiger partial charge in [-0.2, -0.15) is 5.26 Å². The van der Waals surface area contributed by atoms with Crippen LogP contribution in [0.5, 0.6) is 11.5 Å². The number of aliphatic carboxylic acids is 1. The molecule has 0 amide bonds. The van der Waals surface area contributed by atoms with Crippen molar-refractivity contribution in [2.24, 2.45) is 17.3 Å². The highest BCUT2D eigenvalue weighted by atomic mass is 35.5. The molecule has 0 aliphatic heterocycles. The minimum atomic E-state index is -1.14. The van der Waals surface area contributed by atoms with E-state index in [0.29, 0.717) is 17.2 Å². The Balaban J connectivity index is 1.91. The molecule has 0 saturated carbocycles. The number of halogens is 1. The van der Waals surface area contributed by atoms with E-state index in [0.717, 1.165) is 16.9 Å². The fraction of sp³-hybridized carbons (Fsp3) is 0.280. The molecule has 0 spiro atoms. The third kappa shape index (κ3) is 4.58. The summed E-state index contributed by atoms with van der Waals surface area (Å²) in [5, 5.41) is 20.3. The zero-order valence-corrected chi connectivity index (χ0v) is 17.8. The van der Waals surface area contributed by atoms with Crippen LogP contribution < -0.4 is 4.74 Å². The molecule has 0 bridgehead atoms. The molecule has 5 heteroatoms. The molecule has 4 nitrogen and oxygen atoms in total. The number of carboxylic acid groups (broad SMARTS) is 1. The third-order valence-corrected chi connectivity index (χ3v) is 5.81. The molecule has 0 aromatic heterocycles. The first-order chi connectivity index (χ1) is 14.4. The fourth-order valence-electron chi connectivity index (χ4n) is 4.04. The molecule has 1 aliphatic rings. The molecule has 154 valence electrons. The van der Waals surface area contributed by atoms with Crippen LogP contribution >= 0.6 is 11.6 Å². The standard InChI is InChI=1S/C25H24ClNO3/c1-17(2)23(24(28)29)25(16-27)13-12-21(26)19(15-25)14-18-8-6-7-11-22(18)30-20-9-4-3-5-10-20/h3-13,17,23H,14-15H2,1-2H3,(H,28,29). The molecule has 30 heavy (non-hydrogen) atoms. The lowest BCUT2D eigenvalue weighted by Crippen LogP contribution is -2.38. The van der Waals surface area contributed by atoms with Gasteiger partial charge in [-0.15, -0.1) is 0 Å². The van der Waals surface area contributed by atoms with Crippen LogP contribution in [0.2, 0.25) is 0 Å². The summed E-state index contributed by atoms with van der Waals surface area (Å²) in [6.45, 7) is 3.66. The maximum atomic E-state index is 12.0. The molecule has 1 N–H and O–H groups in total. The Morgan fingerprint density at radius 2 is 1.87 bits per heavy atom. The average Bonchev–Trinajstić information content (AvgIpc) is 2.72. The van der Waals surface area contributed by atoms with Gasteiger partial charge in [0.05, 0.1) is 17.4 Å². The Kier molecular flexibility index (Phi) is 6.64. The quantitative estimate of drug-likeness (QED) is 0.566. The van der Waals surface area contributed by atoms with Gasteiger partial charge in [-0.25, -0.2) is 0 Å². The van der Waals surface area contributed by atoms with E-state index >= 15 is 0 Å². The maximum Gasteiger partial charge on any atom is 0.308 e. The molecule has 3 rings (SSSR count). The van der Waals surface area contributed by atoms with Gasteiger partial charge < -0.3 is 9.84 Å². The number of benzene rings is 2. The van der Waals surface area contributed by atoms with Crippen molar-refractivity contribution in [1.82, 2.24) is 0 Å². The highest BCUT2D eigenvalue weighted by Crippen LogP contribution is 2.45. The van der Waals surface area contributed by atoms with Crippen LogP contribution in [0.25, 0.3) is 0 Å². The molecule has 0 heterocycles. The first kappa shape index (κ1) is 21.7. The predicted molar refractivity (Wildman–Crippen MR) is 117 cm³/mol. The van der Waals surface area contributed by atoms with Crippen molar-refractivity contribution in [1.29, 1.82) is 5.26 Å². The number of carbonyl (C=O) groups is 1. The summed E-state index contributed by atoms with van der Waals surface area (Å²) in [5.41, 5.74) is 0.618. The molecule has 2 unspecified atom stereocenters. The van der Waals surface area contributed by atoms with Gasteiger partial charge in [-0.05, 0) is 54.2 Å². The van der Waals surface area contributed by atoms with Crippen molar-refractivity contribution >= 4 is 17.6 Å². The van der Waals surface area contributed by atoms with E-state index in [1.807, 2.05) is 68.4 Å². The Morgan fingerprint density at radius 3 is 2.50 bits per heavy atom. The second-order valence-electron chi connectivity index (χ2n) is 7.87. The smallest absolute Gasteiger partial charge is 0.308 e. The topological polar surface area (TPSA) is 70.3 Å². The van der Waals surface area contributed by atoms with Crippen molar-refractivity contribution in [3.63, 3.8) is 0 Å². The summed E-state index contributed by atoms with van der Waals surface area (Å²) >= 11 is 6.49. The molecule has 0 fully saturated rings. The summed E-state index contributed by atoms with van der Waals surface area (Å²) in [7, 11) is 0. The minimum absolute atomic E-state index is 0.196. The highest BCUT2D eigenvalue weighted by molar-refractivity contribution is 6.31. The Hall–Kier alpha value is -3.03. The lowest BCUT2D eigenvalue weighted by atomic mass is 9.65. The van der Waals surface area contributed by atoms with E-state index < -0.39 is 17.3 Å². The summed E-state index contributed by atoms with van der Waals surface area (Å²) < 4.78 is 6.05. The SMILES string of the molecule is CC(C)C(C(=O)O)C1(C#N)C=CC(Cl)=C(Cc2ccccc2Oc2ccccc2)C1. The number of ether oxygens (including phenoxy) is 1. The number of para-hydroxylation sites is 2. The summed E-state index contributed by atoms with van der Waals surface area (Å²) in [4.78, 5) is 12.0. The summed E-state index contributed by atoms with van der Waals surface area (Å²) in [6.07, 6.45) is 4.07. The Bertz CT molecular complexity index is 1020. The highest BCUT2D eigenvalue weighted by Gasteiger charge is 2.45. The molecule has 2 aromatic rings. The normalized spacial score (nSPS) is 19.4. The second-order valence-corrected chi connectivity index (χ2v) is 8.28. The number of nitriles is 1. The molecule has 0 radical (unpaired) electrons. The number of carboxylic acids is 1. The van der Waals surface area contributed by atoms with Crippen LogP contribution in [-0.2, 0) is 11.2 Å². The third-order valence-electron chi connectivity index (χ3n) is 5.41. The van der Waals surface area contributed by atoms with Crippen LogP contribution in [0, 0.1) is 28.6 Å². The van der Waals surface area contributed by atoms with Crippen molar-refractivity contribution < 1.29 is 14.6 Å². The van der Waals surface area contributed by atoms with Crippen molar-refractivity contribution in [3.8, 4) is 17.6 Å². The number of rotatable bonds is 7. The Morgan fingerprint density at radius 1 is 1.20 bits per heavy atom. The lowest BCUT2D eigenvalue weighted by molar-refractivity contribution is -0.146. The van der Waals surface area contributed by atoms with Gasteiger partial charge in [0.2, 0.25) is 0 Å². The van der Waals surface area contributed by atoms with Crippen molar-refractivity contribution in [3.05, 3.63) is 82.9 Å². The minimum Gasteiger partial charge on any atom is -0.481 e. The van der Waals surface area contributed by atoms with E-state index in [-0.39, 0.29) is 12.3 Å². The van der Waals surface area contributed by atoms with Gasteiger partial charge >= 0.3 is 5.97 Å². The molecule has 0 saturated heterocycles.